The monoisotopic (exact) mass is 357 g/mol. The number of hydrogen-bond acceptors (Lipinski definition) is 8. The fourth-order valence-corrected chi connectivity index (χ4v) is 4.03. The van der Waals surface area contributed by atoms with Crippen LogP contribution in [0.2, 0.25) is 0 Å². The molecule has 0 radical (unpaired) electrons. The lowest BCUT2D eigenvalue weighted by Gasteiger charge is -2.05. The summed E-state index contributed by atoms with van der Waals surface area (Å²) in [5.41, 5.74) is 0.930. The summed E-state index contributed by atoms with van der Waals surface area (Å²) in [6.45, 7) is 0. The Labute approximate surface area is 145 Å². The molecule has 0 aliphatic carbocycles. The number of anilines is 1. The van der Waals surface area contributed by atoms with Crippen LogP contribution in [0.25, 0.3) is 10.9 Å². The van der Waals surface area contributed by atoms with Crippen molar-refractivity contribution in [2.45, 2.75) is 21.8 Å². The van der Waals surface area contributed by atoms with Crippen LogP contribution in [-0.4, -0.2) is 33.4 Å². The average molecular weight is 357 g/mol. The fraction of sp³-hybridized carbons (Fsp3) is 0.133. The predicted octanol–water partition coefficient (Wildman–Crippen LogP) is 2.95. The van der Waals surface area contributed by atoms with E-state index in [1.54, 1.807) is 12.4 Å². The molecule has 0 bridgehead atoms. The molecule has 1 N–H and O–H groups in total. The van der Waals surface area contributed by atoms with E-state index in [-0.39, 0.29) is 5.91 Å². The normalized spacial score (nSPS) is 16.2. The Bertz CT molecular complexity index is 914. The van der Waals surface area contributed by atoms with Gasteiger partial charge in [-0.2, -0.15) is 0 Å². The number of hydrogen-bond donors (Lipinski definition) is 1. The Balaban J connectivity index is 1.49. The number of para-hydroxylation sites is 1. The topological polar surface area (TPSA) is 89.4 Å². The van der Waals surface area contributed by atoms with Crippen molar-refractivity contribution in [2.75, 3.05) is 5.32 Å². The molecule has 9 heteroatoms. The molecule has 1 atom stereocenters. The van der Waals surface area contributed by atoms with E-state index in [0.29, 0.717) is 11.6 Å². The number of benzene rings is 1. The molecule has 0 spiro atoms. The quantitative estimate of drug-likeness (QED) is 0.722. The van der Waals surface area contributed by atoms with Crippen LogP contribution in [0.5, 0.6) is 0 Å². The summed E-state index contributed by atoms with van der Waals surface area (Å²) in [5, 5.41) is 15.9. The first kappa shape index (κ1) is 15.0. The van der Waals surface area contributed by atoms with Gasteiger partial charge in [-0.05, 0) is 12.1 Å². The zero-order chi connectivity index (χ0) is 16.4. The first-order chi connectivity index (χ1) is 11.8. The van der Waals surface area contributed by atoms with Crippen molar-refractivity contribution in [3.05, 3.63) is 36.5 Å². The molecule has 7 nitrogen and oxygen atoms in total. The summed E-state index contributed by atoms with van der Waals surface area (Å²) < 4.78 is 0.741. The predicted molar refractivity (Wildman–Crippen MR) is 92.4 cm³/mol. The van der Waals surface area contributed by atoms with E-state index < -0.39 is 6.10 Å². The van der Waals surface area contributed by atoms with E-state index in [0.717, 1.165) is 20.1 Å². The van der Waals surface area contributed by atoms with Crippen molar-refractivity contribution in [3.8, 4) is 0 Å². The second kappa shape index (κ2) is 6.54. The van der Waals surface area contributed by atoms with Crippen molar-refractivity contribution in [2.24, 2.45) is 5.16 Å². The maximum absolute atomic E-state index is 12.0. The zero-order valence-corrected chi connectivity index (χ0v) is 13.9. The molecule has 1 aromatic carbocycles. The summed E-state index contributed by atoms with van der Waals surface area (Å²) in [7, 11) is 0. The van der Waals surface area contributed by atoms with Crippen molar-refractivity contribution in [1.82, 2.24) is 15.2 Å². The van der Waals surface area contributed by atoms with Crippen molar-refractivity contribution < 1.29 is 9.63 Å². The Kier molecular flexibility index (Phi) is 4.09. The van der Waals surface area contributed by atoms with E-state index in [4.69, 9.17) is 4.84 Å². The highest BCUT2D eigenvalue weighted by Crippen LogP contribution is 2.35. The third-order valence-electron chi connectivity index (χ3n) is 3.32. The van der Waals surface area contributed by atoms with E-state index in [2.05, 4.69) is 25.7 Å². The molecule has 1 aliphatic rings. The highest BCUT2D eigenvalue weighted by molar-refractivity contribution is 8.01. The van der Waals surface area contributed by atoms with Crippen molar-refractivity contribution in [1.29, 1.82) is 0 Å². The molecule has 3 heterocycles. The Morgan fingerprint density at radius 2 is 2.21 bits per heavy atom. The van der Waals surface area contributed by atoms with Crippen molar-refractivity contribution in [3.63, 3.8) is 0 Å². The molecular weight excluding hydrogens is 346 g/mol. The number of fused-ring (bicyclic) bond motifs is 1. The maximum atomic E-state index is 12.0. The minimum atomic E-state index is -0.589. The highest BCUT2D eigenvalue weighted by atomic mass is 32.2. The molecule has 0 saturated carbocycles. The first-order valence-corrected chi connectivity index (χ1v) is 8.76. The van der Waals surface area contributed by atoms with E-state index in [1.807, 2.05) is 30.3 Å². The van der Waals surface area contributed by atoms with Gasteiger partial charge in [-0.25, -0.2) is 0 Å². The van der Waals surface area contributed by atoms with Gasteiger partial charge in [-0.3, -0.25) is 15.1 Å². The van der Waals surface area contributed by atoms with Gasteiger partial charge in [-0.15, -0.1) is 10.2 Å². The maximum Gasteiger partial charge on any atom is 0.270 e. The molecule has 1 aliphatic heterocycles. The molecule has 1 unspecified atom stereocenters. The molecule has 1 amide bonds. The number of oxime groups is 1. The third-order valence-corrected chi connectivity index (χ3v) is 5.28. The van der Waals surface area contributed by atoms with Gasteiger partial charge in [0.1, 0.15) is 0 Å². The first-order valence-electron chi connectivity index (χ1n) is 7.13. The Morgan fingerprint density at radius 3 is 3.08 bits per heavy atom. The zero-order valence-electron chi connectivity index (χ0n) is 12.2. The van der Waals surface area contributed by atoms with Gasteiger partial charge in [-0.1, -0.05) is 46.5 Å². The Morgan fingerprint density at radius 1 is 1.29 bits per heavy atom. The second-order valence-electron chi connectivity index (χ2n) is 4.91. The molecule has 24 heavy (non-hydrogen) atoms. The van der Waals surface area contributed by atoms with Crippen LogP contribution in [0.3, 0.4) is 0 Å². The summed E-state index contributed by atoms with van der Waals surface area (Å²) in [5.74, 6) is -0.269. The van der Waals surface area contributed by atoms with Gasteiger partial charge in [0.05, 0.1) is 5.52 Å². The van der Waals surface area contributed by atoms with Crippen LogP contribution < -0.4 is 5.32 Å². The summed E-state index contributed by atoms with van der Waals surface area (Å²) in [6.07, 6.45) is 3.22. The molecule has 120 valence electrons. The average Bonchev–Trinajstić information content (AvgIpc) is 3.27. The number of carbonyl (C=O) groups excluding carboxylic acids is 1. The van der Waals surface area contributed by atoms with Gasteiger partial charge < -0.3 is 4.84 Å². The lowest BCUT2D eigenvalue weighted by atomic mass is 10.2. The Hall–Kier alpha value is -2.52. The van der Waals surface area contributed by atoms with Gasteiger partial charge in [0.15, 0.2) is 4.34 Å². The lowest BCUT2D eigenvalue weighted by Crippen LogP contribution is -2.27. The molecule has 2 aromatic heterocycles. The number of aromatic nitrogens is 3. The molecule has 4 rings (SSSR count). The summed E-state index contributed by atoms with van der Waals surface area (Å²) in [4.78, 5) is 22.3. The van der Waals surface area contributed by atoms with Gasteiger partial charge in [0.25, 0.3) is 5.91 Å². The number of carbonyl (C=O) groups is 1. The standard InChI is InChI=1S/C15H11N5O2S2/c21-13(11-5-8-17-22-11)18-14-19-20-15(24-14)23-12-6-7-16-10-4-2-1-3-9(10)12/h1-4,6-8,11H,5H2,(H,18,19,21). The highest BCUT2D eigenvalue weighted by Gasteiger charge is 2.24. The smallest absolute Gasteiger partial charge is 0.270 e. The van der Waals surface area contributed by atoms with Gasteiger partial charge in [0.2, 0.25) is 11.2 Å². The van der Waals surface area contributed by atoms with E-state index in [9.17, 15) is 4.79 Å². The SMILES string of the molecule is O=C(Nc1nnc(Sc2ccnc3ccccc23)s1)C1CC=NO1. The van der Waals surface area contributed by atoms with E-state index in [1.165, 1.54) is 23.1 Å². The number of pyridine rings is 1. The van der Waals surface area contributed by atoms with Crippen LogP contribution in [-0.2, 0) is 9.63 Å². The summed E-state index contributed by atoms with van der Waals surface area (Å²) in [6, 6.07) is 9.86. The van der Waals surface area contributed by atoms with Gasteiger partial charge >= 0.3 is 0 Å². The van der Waals surface area contributed by atoms with Crippen LogP contribution in [0.4, 0.5) is 5.13 Å². The van der Waals surface area contributed by atoms with Crippen LogP contribution in [0.15, 0.2) is 50.9 Å². The van der Waals surface area contributed by atoms with Crippen LogP contribution >= 0.6 is 23.1 Å². The molecule has 0 fully saturated rings. The van der Waals surface area contributed by atoms with Crippen molar-refractivity contribution >= 4 is 51.3 Å². The second-order valence-corrected chi connectivity index (χ2v) is 7.17. The molecule has 0 saturated heterocycles. The van der Waals surface area contributed by atoms with Crippen LogP contribution in [0, 0.1) is 0 Å². The number of nitrogens with zero attached hydrogens (tertiary/aromatic N) is 4. The van der Waals surface area contributed by atoms with E-state index >= 15 is 0 Å². The minimum absolute atomic E-state index is 0.269. The lowest BCUT2D eigenvalue weighted by molar-refractivity contribution is -0.125. The van der Waals surface area contributed by atoms with Crippen LogP contribution in [0.1, 0.15) is 6.42 Å². The number of nitrogens with one attached hydrogen (secondary N) is 1. The molecule has 3 aromatic rings. The fourth-order valence-electron chi connectivity index (χ4n) is 2.19. The number of rotatable bonds is 4. The summed E-state index contributed by atoms with van der Waals surface area (Å²) >= 11 is 2.81. The van der Waals surface area contributed by atoms with Gasteiger partial charge in [0, 0.05) is 29.1 Å². The number of amides is 1. The largest absolute Gasteiger partial charge is 0.382 e. The molecular formula is C15H11N5O2S2. The third kappa shape index (κ3) is 3.08. The minimum Gasteiger partial charge on any atom is -0.382 e.